The molecule has 0 radical (unpaired) electrons. The van der Waals surface area contributed by atoms with Gasteiger partial charge in [-0.15, -0.1) is 0 Å². The second-order valence-corrected chi connectivity index (χ2v) is 7.34. The number of rotatable bonds is 4. The molecule has 1 aromatic heterocycles. The average molecular weight is 302 g/mol. The minimum absolute atomic E-state index is 1.04. The molecule has 0 bridgehead atoms. The largest absolute Gasteiger partial charge is 0.298 e. The first-order valence-corrected chi connectivity index (χ1v) is 9.10. The van der Waals surface area contributed by atoms with Gasteiger partial charge in [-0.1, -0.05) is 43.4 Å². The average Bonchev–Trinajstić information content (AvgIpc) is 2.85. The molecule has 0 atom stereocenters. The number of thioether (sulfide) groups is 1. The third kappa shape index (κ3) is 2.13. The van der Waals surface area contributed by atoms with Gasteiger partial charge in [-0.05, 0) is 48.2 Å². The van der Waals surface area contributed by atoms with E-state index < -0.39 is 0 Å². The summed E-state index contributed by atoms with van der Waals surface area (Å²) in [6.45, 7) is 7.78. The van der Waals surface area contributed by atoms with Crippen LogP contribution in [0.15, 0.2) is 34.7 Å². The van der Waals surface area contributed by atoms with Crippen LogP contribution in [0.3, 0.4) is 0 Å². The van der Waals surface area contributed by atoms with Crippen molar-refractivity contribution in [1.29, 1.82) is 0 Å². The Kier molecular flexibility index (Phi) is 3.99. The van der Waals surface area contributed by atoms with Crippen LogP contribution < -0.4 is 4.57 Å². The molecule has 0 aliphatic rings. The maximum Gasteiger partial charge on any atom is 0.298 e. The van der Waals surface area contributed by atoms with E-state index >= 15 is 0 Å². The van der Waals surface area contributed by atoms with E-state index in [-0.39, 0.29) is 0 Å². The highest BCUT2D eigenvalue weighted by molar-refractivity contribution is 8.00. The fourth-order valence-electron chi connectivity index (χ4n) is 2.76. The van der Waals surface area contributed by atoms with Gasteiger partial charge < -0.3 is 0 Å². The second-order valence-electron chi connectivity index (χ2n) is 4.83. The molecule has 0 unspecified atom stereocenters. The predicted molar refractivity (Wildman–Crippen MR) is 91.0 cm³/mol. The molecule has 0 spiro atoms. The van der Waals surface area contributed by atoms with Crippen LogP contribution in [-0.2, 0) is 13.0 Å². The van der Waals surface area contributed by atoms with Crippen LogP contribution in [-0.4, -0.2) is 5.75 Å². The zero-order valence-corrected chi connectivity index (χ0v) is 13.9. The lowest BCUT2D eigenvalue weighted by molar-refractivity contribution is -0.697. The van der Waals surface area contributed by atoms with Crippen molar-refractivity contribution < 1.29 is 4.57 Å². The Morgan fingerprint density at radius 3 is 2.65 bits per heavy atom. The number of hydrogen-bond donors (Lipinski definition) is 0. The second kappa shape index (κ2) is 5.74. The Morgan fingerprint density at radius 1 is 1.15 bits per heavy atom. The Labute approximate surface area is 128 Å². The molecule has 1 nitrogen and oxygen atoms in total. The maximum absolute atomic E-state index is 2.50. The van der Waals surface area contributed by atoms with E-state index in [0.717, 1.165) is 18.7 Å². The van der Waals surface area contributed by atoms with Gasteiger partial charge in [0.15, 0.2) is 0 Å². The van der Waals surface area contributed by atoms with Crippen molar-refractivity contribution >= 4 is 44.1 Å². The molecular weight excluding hydrogens is 282 g/mol. The summed E-state index contributed by atoms with van der Waals surface area (Å²) in [5.41, 5.74) is 2.91. The van der Waals surface area contributed by atoms with Gasteiger partial charge in [0, 0.05) is 5.75 Å². The first-order chi connectivity index (χ1) is 9.80. The fraction of sp³-hybridized carbons (Fsp3) is 0.353. The van der Waals surface area contributed by atoms with E-state index in [0.29, 0.717) is 0 Å². The smallest absolute Gasteiger partial charge is 0.176 e. The number of nitrogens with zero attached hydrogens (tertiary/aromatic N) is 1. The maximum atomic E-state index is 2.50. The van der Waals surface area contributed by atoms with E-state index in [1.165, 1.54) is 30.9 Å². The first kappa shape index (κ1) is 13.9. The van der Waals surface area contributed by atoms with Crippen molar-refractivity contribution in [2.24, 2.45) is 0 Å². The number of hydrogen-bond acceptors (Lipinski definition) is 2. The van der Waals surface area contributed by atoms with Gasteiger partial charge in [0.2, 0.25) is 5.52 Å². The first-order valence-electron chi connectivity index (χ1n) is 7.29. The van der Waals surface area contributed by atoms with Crippen LogP contribution in [0.5, 0.6) is 0 Å². The number of aromatic nitrogens is 1. The molecule has 3 aromatic rings. The third-order valence-corrected chi connectivity index (χ3v) is 6.11. The van der Waals surface area contributed by atoms with Gasteiger partial charge >= 0.3 is 0 Å². The Bertz CT molecular complexity index is 758. The van der Waals surface area contributed by atoms with E-state index in [9.17, 15) is 0 Å². The lowest BCUT2D eigenvalue weighted by Crippen LogP contribution is -2.33. The molecule has 0 amide bonds. The molecule has 0 fully saturated rings. The van der Waals surface area contributed by atoms with Crippen molar-refractivity contribution in [2.75, 3.05) is 5.75 Å². The van der Waals surface area contributed by atoms with E-state index in [2.05, 4.69) is 55.7 Å². The highest BCUT2D eigenvalue weighted by atomic mass is 32.2. The summed E-state index contributed by atoms with van der Waals surface area (Å²) < 4.78 is 5.41. The summed E-state index contributed by atoms with van der Waals surface area (Å²) in [6.07, 6.45) is 1.10. The Morgan fingerprint density at radius 2 is 1.95 bits per heavy atom. The molecule has 0 saturated heterocycles. The van der Waals surface area contributed by atoms with Crippen LogP contribution >= 0.6 is 23.1 Å². The molecule has 3 heteroatoms. The van der Waals surface area contributed by atoms with Crippen LogP contribution in [0, 0.1) is 0 Å². The molecular formula is C17H20NS2+. The van der Waals surface area contributed by atoms with Crippen LogP contribution in [0.2, 0.25) is 0 Å². The summed E-state index contributed by atoms with van der Waals surface area (Å²) in [5, 5.41) is 2.76. The van der Waals surface area contributed by atoms with Crippen molar-refractivity contribution in [3.8, 4) is 0 Å². The Balaban J connectivity index is 2.46. The van der Waals surface area contributed by atoms with Gasteiger partial charge in [-0.2, -0.15) is 4.57 Å². The highest BCUT2D eigenvalue weighted by Crippen LogP contribution is 2.35. The normalized spacial score (nSPS) is 11.6. The molecule has 1 heterocycles. The van der Waals surface area contributed by atoms with Gasteiger partial charge in [-0.25, -0.2) is 0 Å². The molecule has 20 heavy (non-hydrogen) atoms. The van der Waals surface area contributed by atoms with Crippen LogP contribution in [0.1, 0.15) is 26.3 Å². The molecule has 2 aromatic carbocycles. The lowest BCUT2D eigenvalue weighted by Gasteiger charge is -2.02. The number of benzene rings is 2. The van der Waals surface area contributed by atoms with Crippen molar-refractivity contribution in [3.63, 3.8) is 0 Å². The number of fused-ring (bicyclic) bond motifs is 3. The molecule has 0 aliphatic heterocycles. The van der Waals surface area contributed by atoms with Gasteiger partial charge in [-0.3, -0.25) is 0 Å². The van der Waals surface area contributed by atoms with Crippen LogP contribution in [0.4, 0.5) is 0 Å². The van der Waals surface area contributed by atoms with Crippen molar-refractivity contribution in [1.82, 2.24) is 0 Å². The zero-order valence-electron chi connectivity index (χ0n) is 12.3. The summed E-state index contributed by atoms with van der Waals surface area (Å²) in [5.74, 6) is 1.13. The number of thiazole rings is 1. The van der Waals surface area contributed by atoms with E-state index in [1.807, 2.05) is 23.1 Å². The molecule has 3 rings (SSSR count). The Hall–Kier alpha value is -1.06. The van der Waals surface area contributed by atoms with Gasteiger partial charge in [0.1, 0.15) is 11.2 Å². The van der Waals surface area contributed by atoms with Gasteiger partial charge in [0.25, 0.3) is 4.34 Å². The SMILES string of the molecule is CCSc1sc2c(CC)cc3ccccc3c2[n+]1CC. The molecule has 0 N–H and O–H groups in total. The monoisotopic (exact) mass is 302 g/mol. The fourth-order valence-corrected chi connectivity index (χ4v) is 5.38. The summed E-state index contributed by atoms with van der Waals surface area (Å²) in [7, 11) is 0. The molecule has 0 aliphatic carbocycles. The summed E-state index contributed by atoms with van der Waals surface area (Å²) in [4.78, 5) is 0. The third-order valence-electron chi connectivity index (χ3n) is 3.70. The van der Waals surface area contributed by atoms with E-state index in [1.54, 1.807) is 0 Å². The topological polar surface area (TPSA) is 3.88 Å². The summed E-state index contributed by atoms with van der Waals surface area (Å²) in [6, 6.07) is 11.2. The zero-order chi connectivity index (χ0) is 14.1. The van der Waals surface area contributed by atoms with Crippen LogP contribution in [0.25, 0.3) is 21.0 Å². The standard InChI is InChI=1S/C17H20NS2/c1-4-12-11-13-9-7-8-10-14(13)15-16(12)20-17(19-6-3)18(15)5-2/h7-11H,4-6H2,1-3H3/q+1. The number of aryl methyl sites for hydroxylation is 2. The lowest BCUT2D eigenvalue weighted by atomic mass is 10.0. The van der Waals surface area contributed by atoms with Crippen molar-refractivity contribution in [3.05, 3.63) is 35.9 Å². The van der Waals surface area contributed by atoms with E-state index in [4.69, 9.17) is 0 Å². The predicted octanol–water partition coefficient (Wildman–Crippen LogP) is 5.04. The summed E-state index contributed by atoms with van der Waals surface area (Å²) >= 11 is 3.93. The highest BCUT2D eigenvalue weighted by Gasteiger charge is 2.23. The minimum atomic E-state index is 1.04. The molecule has 0 saturated carbocycles. The van der Waals surface area contributed by atoms with Crippen molar-refractivity contribution in [2.45, 2.75) is 38.1 Å². The van der Waals surface area contributed by atoms with Gasteiger partial charge in [0.05, 0.1) is 5.39 Å². The quantitative estimate of drug-likeness (QED) is 0.482. The minimum Gasteiger partial charge on any atom is -0.176 e. The molecule has 104 valence electrons.